The summed E-state index contributed by atoms with van der Waals surface area (Å²) in [6.45, 7) is 0.811. The van der Waals surface area contributed by atoms with Crippen molar-refractivity contribution in [2.24, 2.45) is 5.92 Å². The Morgan fingerprint density at radius 1 is 1.22 bits per heavy atom. The van der Waals surface area contributed by atoms with E-state index >= 15 is 0 Å². The number of benzene rings is 2. The fraction of sp³-hybridized carbons (Fsp3) is 0.300. The SMILES string of the molecule is Nc1nc2ccc([C@@H]3Nc4ccc5[nH]ncc5c4C4OCCC[C@H]43)cc2s1. The van der Waals surface area contributed by atoms with Crippen molar-refractivity contribution in [1.82, 2.24) is 15.2 Å². The lowest BCUT2D eigenvalue weighted by atomic mass is 9.77. The van der Waals surface area contributed by atoms with Gasteiger partial charge in [0.1, 0.15) is 0 Å². The Morgan fingerprint density at radius 2 is 2.19 bits per heavy atom. The second-order valence-electron chi connectivity index (χ2n) is 7.36. The number of hydrogen-bond acceptors (Lipinski definition) is 6. The highest BCUT2D eigenvalue weighted by Crippen LogP contribution is 2.51. The molecule has 2 aliphatic rings. The normalized spacial score (nSPS) is 24.5. The first-order chi connectivity index (χ1) is 13.3. The van der Waals surface area contributed by atoms with Crippen LogP contribution in [-0.4, -0.2) is 21.8 Å². The Kier molecular flexibility index (Phi) is 3.24. The fourth-order valence-corrected chi connectivity index (χ4v) is 5.46. The van der Waals surface area contributed by atoms with Crippen molar-refractivity contribution in [3.8, 4) is 0 Å². The van der Waals surface area contributed by atoms with Gasteiger partial charge < -0.3 is 15.8 Å². The predicted octanol–water partition coefficient (Wildman–Crippen LogP) is 4.39. The average molecular weight is 377 g/mol. The molecule has 0 amide bonds. The highest BCUT2D eigenvalue weighted by Gasteiger charge is 2.41. The van der Waals surface area contributed by atoms with E-state index < -0.39 is 0 Å². The Morgan fingerprint density at radius 3 is 3.15 bits per heavy atom. The maximum Gasteiger partial charge on any atom is 0.181 e. The van der Waals surface area contributed by atoms with Gasteiger partial charge in [0.25, 0.3) is 0 Å². The monoisotopic (exact) mass is 377 g/mol. The zero-order valence-electron chi connectivity index (χ0n) is 14.6. The van der Waals surface area contributed by atoms with Crippen molar-refractivity contribution in [2.75, 3.05) is 17.7 Å². The van der Waals surface area contributed by atoms with Gasteiger partial charge in [-0.15, -0.1) is 0 Å². The molecule has 1 saturated heterocycles. The molecule has 2 aromatic carbocycles. The summed E-state index contributed by atoms with van der Waals surface area (Å²) in [5.41, 5.74) is 11.6. The highest BCUT2D eigenvalue weighted by molar-refractivity contribution is 7.22. The van der Waals surface area contributed by atoms with Crippen molar-refractivity contribution >= 4 is 43.3 Å². The molecule has 2 aliphatic heterocycles. The van der Waals surface area contributed by atoms with Gasteiger partial charge in [-0.2, -0.15) is 5.10 Å². The van der Waals surface area contributed by atoms with Crippen LogP contribution in [0.25, 0.3) is 21.1 Å². The number of aromatic amines is 1. The van der Waals surface area contributed by atoms with Crippen LogP contribution in [0.5, 0.6) is 0 Å². The molecule has 1 unspecified atom stereocenters. The van der Waals surface area contributed by atoms with Gasteiger partial charge in [-0.05, 0) is 42.7 Å². The summed E-state index contributed by atoms with van der Waals surface area (Å²) in [7, 11) is 0. The topological polar surface area (TPSA) is 88.8 Å². The summed E-state index contributed by atoms with van der Waals surface area (Å²) in [4.78, 5) is 4.39. The zero-order valence-corrected chi connectivity index (χ0v) is 15.4. The Hall–Kier alpha value is -2.64. The summed E-state index contributed by atoms with van der Waals surface area (Å²) >= 11 is 1.54. The van der Waals surface area contributed by atoms with E-state index in [9.17, 15) is 0 Å². The fourth-order valence-electron chi connectivity index (χ4n) is 4.67. The molecule has 0 aliphatic carbocycles. The number of aromatic nitrogens is 3. The molecule has 0 bridgehead atoms. The minimum Gasteiger partial charge on any atom is -0.378 e. The third-order valence-electron chi connectivity index (χ3n) is 5.85. The number of fused-ring (bicyclic) bond motifs is 6. The molecule has 4 N–H and O–H groups in total. The average Bonchev–Trinajstić information content (AvgIpc) is 3.31. The van der Waals surface area contributed by atoms with Gasteiger partial charge >= 0.3 is 0 Å². The standard InChI is InChI=1S/C20H19N5OS/c21-20-24-14-4-3-10(8-16(14)27-20)18-11-2-1-7-26-19(11)17-12-9-22-25-13(12)5-6-15(17)23-18/h3-6,8-9,11,18-19,23H,1-2,7H2,(H2,21,24)(H,22,25)/t11-,18-,19?/m0/s1. The summed E-state index contributed by atoms with van der Waals surface area (Å²) < 4.78 is 7.45. The molecule has 6 rings (SSSR count). The van der Waals surface area contributed by atoms with Crippen molar-refractivity contribution in [3.05, 3.63) is 47.7 Å². The van der Waals surface area contributed by atoms with E-state index in [1.54, 1.807) is 11.3 Å². The largest absolute Gasteiger partial charge is 0.378 e. The van der Waals surface area contributed by atoms with Gasteiger partial charge in [0.05, 0.1) is 34.1 Å². The zero-order chi connectivity index (χ0) is 18.0. The van der Waals surface area contributed by atoms with E-state index in [0.29, 0.717) is 11.0 Å². The van der Waals surface area contributed by atoms with E-state index in [4.69, 9.17) is 10.5 Å². The Balaban J connectivity index is 1.51. The third-order valence-corrected chi connectivity index (χ3v) is 6.69. The second-order valence-corrected chi connectivity index (χ2v) is 8.42. The summed E-state index contributed by atoms with van der Waals surface area (Å²) in [6.07, 6.45) is 4.23. The van der Waals surface area contributed by atoms with Crippen molar-refractivity contribution in [1.29, 1.82) is 0 Å². The number of nitrogens with zero attached hydrogens (tertiary/aromatic N) is 2. The molecule has 4 heterocycles. The number of thiazole rings is 1. The smallest absolute Gasteiger partial charge is 0.181 e. The van der Waals surface area contributed by atoms with Gasteiger partial charge in [0.2, 0.25) is 0 Å². The number of ether oxygens (including phenoxy) is 1. The number of nitrogens with one attached hydrogen (secondary N) is 2. The maximum absolute atomic E-state index is 6.32. The molecule has 136 valence electrons. The van der Waals surface area contributed by atoms with Crippen molar-refractivity contribution in [3.63, 3.8) is 0 Å². The third kappa shape index (κ3) is 2.28. The molecular weight excluding hydrogens is 358 g/mol. The molecule has 6 nitrogen and oxygen atoms in total. The molecule has 27 heavy (non-hydrogen) atoms. The molecule has 7 heteroatoms. The molecule has 2 aromatic heterocycles. The second kappa shape index (κ2) is 5.68. The van der Waals surface area contributed by atoms with E-state index in [1.807, 2.05) is 6.20 Å². The number of hydrogen-bond donors (Lipinski definition) is 3. The van der Waals surface area contributed by atoms with Gasteiger partial charge in [0, 0.05) is 29.2 Å². The van der Waals surface area contributed by atoms with E-state index in [0.717, 1.165) is 46.3 Å². The molecular formula is C20H19N5OS. The first-order valence-electron chi connectivity index (χ1n) is 9.28. The minimum absolute atomic E-state index is 0.0866. The van der Waals surface area contributed by atoms with Crippen LogP contribution in [0.1, 0.15) is 36.1 Å². The van der Waals surface area contributed by atoms with Crippen LogP contribution in [0.3, 0.4) is 0 Å². The number of anilines is 2. The van der Waals surface area contributed by atoms with Crippen LogP contribution >= 0.6 is 11.3 Å². The van der Waals surface area contributed by atoms with E-state index in [-0.39, 0.29) is 12.1 Å². The van der Waals surface area contributed by atoms with Crippen LogP contribution in [0, 0.1) is 5.92 Å². The van der Waals surface area contributed by atoms with Crippen LogP contribution < -0.4 is 11.1 Å². The number of nitrogen functional groups attached to an aromatic ring is 1. The highest BCUT2D eigenvalue weighted by atomic mass is 32.1. The molecule has 4 aromatic rings. The maximum atomic E-state index is 6.32. The summed E-state index contributed by atoms with van der Waals surface area (Å²) in [5.74, 6) is 0.384. The lowest BCUT2D eigenvalue weighted by Crippen LogP contribution is -2.36. The quantitative estimate of drug-likeness (QED) is 0.458. The number of rotatable bonds is 1. The predicted molar refractivity (Wildman–Crippen MR) is 108 cm³/mol. The number of H-pyrrole nitrogens is 1. The molecule has 3 atom stereocenters. The van der Waals surface area contributed by atoms with Gasteiger partial charge in [0.15, 0.2) is 5.13 Å². The Labute approximate surface area is 159 Å². The Bertz CT molecular complexity index is 1170. The van der Waals surface area contributed by atoms with Crippen LogP contribution in [-0.2, 0) is 4.74 Å². The number of nitrogens with two attached hydrogens (primary N) is 1. The van der Waals surface area contributed by atoms with Crippen molar-refractivity contribution in [2.45, 2.75) is 25.0 Å². The van der Waals surface area contributed by atoms with Gasteiger partial charge in [-0.3, -0.25) is 5.10 Å². The molecule has 0 radical (unpaired) electrons. The molecule has 1 fully saturated rings. The summed E-state index contributed by atoms with van der Waals surface area (Å²) in [5, 5.41) is 12.9. The van der Waals surface area contributed by atoms with Crippen molar-refractivity contribution < 1.29 is 4.74 Å². The van der Waals surface area contributed by atoms with Crippen LogP contribution in [0.4, 0.5) is 10.8 Å². The lowest BCUT2D eigenvalue weighted by Gasteiger charge is -2.43. The molecule has 0 spiro atoms. The summed E-state index contributed by atoms with van der Waals surface area (Å²) in [6, 6.07) is 10.9. The minimum atomic E-state index is 0.0866. The van der Waals surface area contributed by atoms with E-state index in [2.05, 4.69) is 50.8 Å². The van der Waals surface area contributed by atoms with E-state index in [1.165, 1.54) is 11.1 Å². The van der Waals surface area contributed by atoms with Crippen LogP contribution in [0.15, 0.2) is 36.5 Å². The van der Waals surface area contributed by atoms with Gasteiger partial charge in [-0.1, -0.05) is 17.4 Å². The lowest BCUT2D eigenvalue weighted by molar-refractivity contribution is -0.0372. The van der Waals surface area contributed by atoms with Gasteiger partial charge in [-0.25, -0.2) is 4.98 Å². The first-order valence-corrected chi connectivity index (χ1v) is 10.1. The molecule has 0 saturated carbocycles. The van der Waals surface area contributed by atoms with Crippen LogP contribution in [0.2, 0.25) is 0 Å². The first kappa shape index (κ1) is 15.4.